The van der Waals surface area contributed by atoms with Crippen molar-refractivity contribution in [3.05, 3.63) is 51.3 Å². The summed E-state index contributed by atoms with van der Waals surface area (Å²) in [5.41, 5.74) is -0.313. The Bertz CT molecular complexity index is 924. The third kappa shape index (κ3) is 2.04. The first kappa shape index (κ1) is 13.5. The maximum atomic E-state index is 14.1. The van der Waals surface area contributed by atoms with Gasteiger partial charge in [-0.05, 0) is 18.6 Å². The van der Waals surface area contributed by atoms with Crippen molar-refractivity contribution in [3.63, 3.8) is 0 Å². The minimum atomic E-state index is -0.699. The molecule has 106 valence electrons. The lowest BCUT2D eigenvalue weighted by atomic mass is 10.0. The zero-order chi connectivity index (χ0) is 15.1. The van der Waals surface area contributed by atoms with Gasteiger partial charge in [0.05, 0.1) is 10.6 Å². The molecule has 3 aromatic rings. The van der Waals surface area contributed by atoms with Gasteiger partial charge >= 0.3 is 0 Å². The molecule has 0 fully saturated rings. The monoisotopic (exact) mass is 305 g/mol. The normalized spacial score (nSPS) is 11.0. The predicted octanol–water partition coefficient (Wildman–Crippen LogP) is 2.79. The number of H-pyrrole nitrogens is 1. The van der Waals surface area contributed by atoms with Crippen LogP contribution in [0, 0.1) is 12.7 Å². The highest BCUT2D eigenvalue weighted by Crippen LogP contribution is 2.37. The molecule has 5 nitrogen and oxygen atoms in total. The predicted molar refractivity (Wildman–Crippen MR) is 77.0 cm³/mol. The third-order valence-electron chi connectivity index (χ3n) is 3.15. The van der Waals surface area contributed by atoms with Crippen molar-refractivity contribution in [1.29, 1.82) is 0 Å². The van der Waals surface area contributed by atoms with E-state index in [2.05, 4.69) is 15.0 Å². The second-order valence-corrected chi connectivity index (χ2v) is 4.86. The average molecular weight is 306 g/mol. The number of benzene rings is 1. The van der Waals surface area contributed by atoms with Crippen molar-refractivity contribution >= 4 is 22.8 Å². The molecule has 0 aliphatic carbocycles. The number of fused-ring (bicyclic) bond motifs is 1. The van der Waals surface area contributed by atoms with Gasteiger partial charge in [-0.2, -0.15) is 0 Å². The minimum Gasteiger partial charge on any atom is -0.505 e. The summed E-state index contributed by atoms with van der Waals surface area (Å²) in [6, 6.07) is 2.68. The van der Waals surface area contributed by atoms with E-state index in [1.54, 1.807) is 6.92 Å². The molecule has 0 spiro atoms. The Morgan fingerprint density at radius 3 is 2.71 bits per heavy atom. The first-order valence-electron chi connectivity index (χ1n) is 6.01. The minimum absolute atomic E-state index is 0.0686. The number of aromatic hydroxyl groups is 1. The molecule has 3 rings (SSSR count). The lowest BCUT2D eigenvalue weighted by molar-refractivity contribution is 0.480. The Kier molecular flexibility index (Phi) is 3.10. The van der Waals surface area contributed by atoms with Gasteiger partial charge < -0.3 is 10.1 Å². The first-order chi connectivity index (χ1) is 10.0. The summed E-state index contributed by atoms with van der Waals surface area (Å²) in [5.74, 6) is -1.15. The van der Waals surface area contributed by atoms with E-state index in [1.807, 2.05) is 0 Å². The lowest BCUT2D eigenvalue weighted by Crippen LogP contribution is -2.12. The van der Waals surface area contributed by atoms with Crippen LogP contribution < -0.4 is 5.56 Å². The molecule has 0 aliphatic heterocycles. The van der Waals surface area contributed by atoms with Crippen molar-refractivity contribution in [2.45, 2.75) is 6.92 Å². The number of hydrogen-bond acceptors (Lipinski definition) is 4. The first-order valence-corrected chi connectivity index (χ1v) is 6.39. The number of nitrogens with one attached hydrogen (secondary N) is 1. The molecule has 1 aromatic carbocycles. The summed E-state index contributed by atoms with van der Waals surface area (Å²) in [7, 11) is 0. The van der Waals surface area contributed by atoms with Crippen molar-refractivity contribution in [1.82, 2.24) is 15.0 Å². The fourth-order valence-electron chi connectivity index (χ4n) is 2.12. The number of aromatic amines is 1. The number of aryl methyl sites for hydroxylation is 1. The highest BCUT2D eigenvalue weighted by atomic mass is 35.5. The molecule has 0 radical (unpaired) electrons. The van der Waals surface area contributed by atoms with Crippen molar-refractivity contribution in [2.75, 3.05) is 0 Å². The molecule has 21 heavy (non-hydrogen) atoms. The largest absolute Gasteiger partial charge is 0.505 e. The Morgan fingerprint density at radius 2 is 1.95 bits per heavy atom. The van der Waals surface area contributed by atoms with E-state index in [1.165, 1.54) is 24.5 Å². The summed E-state index contributed by atoms with van der Waals surface area (Å²) >= 11 is 6.09. The average Bonchev–Trinajstić information content (AvgIpc) is 2.46. The fraction of sp³-hybridized carbons (Fsp3) is 0.0714. The summed E-state index contributed by atoms with van der Waals surface area (Å²) in [6.45, 7) is 1.68. The fourth-order valence-corrected chi connectivity index (χ4v) is 2.36. The summed E-state index contributed by atoms with van der Waals surface area (Å²) in [6.07, 6.45) is 2.73. The van der Waals surface area contributed by atoms with Crippen LogP contribution in [0.25, 0.3) is 22.3 Å². The van der Waals surface area contributed by atoms with Gasteiger partial charge in [0.2, 0.25) is 0 Å². The van der Waals surface area contributed by atoms with Crippen LogP contribution in [0.3, 0.4) is 0 Å². The van der Waals surface area contributed by atoms with E-state index in [9.17, 15) is 14.3 Å². The van der Waals surface area contributed by atoms with Crippen molar-refractivity contribution in [3.8, 4) is 16.9 Å². The second-order valence-electron chi connectivity index (χ2n) is 4.48. The van der Waals surface area contributed by atoms with Crippen molar-refractivity contribution in [2.24, 2.45) is 0 Å². The number of nitrogens with zero attached hydrogens (tertiary/aromatic N) is 2. The smallest absolute Gasteiger partial charge is 0.261 e. The Labute approximate surface area is 123 Å². The van der Waals surface area contributed by atoms with Crippen LogP contribution in [-0.4, -0.2) is 20.1 Å². The topological polar surface area (TPSA) is 78.9 Å². The standard InChI is InChI=1S/C14H9ClFN3O2/c1-6-2-3-7(16)8(10(6)15)9-12(20)11-13(19-14(9)21)18-5-4-17-11/h2-5H,1H3,(H2,18,19,20,21). The molecular weight excluding hydrogens is 297 g/mol. The molecule has 0 amide bonds. The number of rotatable bonds is 1. The van der Waals surface area contributed by atoms with Gasteiger partial charge in [0.15, 0.2) is 11.4 Å². The third-order valence-corrected chi connectivity index (χ3v) is 3.64. The molecule has 2 N–H and O–H groups in total. The summed E-state index contributed by atoms with van der Waals surface area (Å²) in [5, 5.41) is 10.3. The quantitative estimate of drug-likeness (QED) is 0.724. The van der Waals surface area contributed by atoms with Crippen LogP contribution >= 0.6 is 11.6 Å². The lowest BCUT2D eigenvalue weighted by Gasteiger charge is -2.10. The van der Waals surface area contributed by atoms with Crippen LogP contribution in [-0.2, 0) is 0 Å². The molecule has 2 aromatic heterocycles. The molecule has 2 heterocycles. The second kappa shape index (κ2) is 4.82. The number of pyridine rings is 1. The van der Waals surface area contributed by atoms with E-state index in [0.29, 0.717) is 5.56 Å². The van der Waals surface area contributed by atoms with Gasteiger partial charge in [0, 0.05) is 18.0 Å². The number of halogens is 2. The maximum Gasteiger partial charge on any atom is 0.261 e. The van der Waals surface area contributed by atoms with Gasteiger partial charge in [-0.25, -0.2) is 14.4 Å². The molecule has 0 saturated carbocycles. The molecule has 0 unspecified atom stereocenters. The Morgan fingerprint density at radius 1 is 1.24 bits per heavy atom. The maximum absolute atomic E-state index is 14.1. The molecular formula is C14H9ClFN3O2. The number of hydrogen-bond donors (Lipinski definition) is 2. The van der Waals surface area contributed by atoms with E-state index >= 15 is 0 Å². The van der Waals surface area contributed by atoms with E-state index < -0.39 is 17.1 Å². The Hall–Kier alpha value is -2.47. The van der Waals surface area contributed by atoms with Crippen LogP contribution in [0.15, 0.2) is 29.3 Å². The van der Waals surface area contributed by atoms with Crippen LogP contribution in [0.5, 0.6) is 5.75 Å². The molecule has 0 saturated heterocycles. The molecule has 7 heteroatoms. The molecule has 0 aliphatic rings. The summed E-state index contributed by atoms with van der Waals surface area (Å²) in [4.78, 5) is 22.5. The van der Waals surface area contributed by atoms with Crippen LogP contribution in [0.1, 0.15) is 5.56 Å². The van der Waals surface area contributed by atoms with Crippen molar-refractivity contribution < 1.29 is 9.50 Å². The van der Waals surface area contributed by atoms with E-state index in [4.69, 9.17) is 11.6 Å². The van der Waals surface area contributed by atoms with Gasteiger partial charge in [-0.1, -0.05) is 17.7 Å². The van der Waals surface area contributed by atoms with Crippen LogP contribution in [0.4, 0.5) is 4.39 Å². The van der Waals surface area contributed by atoms with Gasteiger partial charge in [0.25, 0.3) is 5.56 Å². The number of aromatic nitrogens is 3. The highest BCUT2D eigenvalue weighted by molar-refractivity contribution is 6.34. The van der Waals surface area contributed by atoms with Gasteiger partial charge in [-0.3, -0.25) is 4.79 Å². The van der Waals surface area contributed by atoms with Gasteiger partial charge in [-0.15, -0.1) is 0 Å². The molecule has 0 bridgehead atoms. The van der Waals surface area contributed by atoms with Gasteiger partial charge in [0.1, 0.15) is 11.3 Å². The Balaban J connectivity index is 2.47. The van der Waals surface area contributed by atoms with E-state index in [-0.39, 0.29) is 27.3 Å². The zero-order valence-electron chi connectivity index (χ0n) is 10.8. The zero-order valence-corrected chi connectivity index (χ0v) is 11.6. The highest BCUT2D eigenvalue weighted by Gasteiger charge is 2.21. The molecule has 0 atom stereocenters. The summed E-state index contributed by atoms with van der Waals surface area (Å²) < 4.78 is 14.1. The SMILES string of the molecule is Cc1ccc(F)c(-c2c(O)c3nccnc3[nH]c2=O)c1Cl. The van der Waals surface area contributed by atoms with Crippen LogP contribution in [0.2, 0.25) is 5.02 Å². The van der Waals surface area contributed by atoms with E-state index in [0.717, 1.165) is 0 Å².